The van der Waals surface area contributed by atoms with Gasteiger partial charge in [-0.2, -0.15) is 0 Å². The molecule has 0 spiro atoms. The highest BCUT2D eigenvalue weighted by Crippen LogP contribution is 2.69. The number of allylic oxidation sites excluding steroid dienone is 4. The second-order valence-electron chi connectivity index (χ2n) is 13.9. The summed E-state index contributed by atoms with van der Waals surface area (Å²) in [5.74, 6) is -0.439. The molecule has 5 aliphatic carbocycles. The van der Waals surface area contributed by atoms with Crippen molar-refractivity contribution in [1.82, 2.24) is 0 Å². The minimum Gasteiger partial charge on any atom is -0.457 e. The van der Waals surface area contributed by atoms with Gasteiger partial charge in [-0.15, -0.1) is 0 Å². The lowest BCUT2D eigenvalue weighted by molar-refractivity contribution is -0.208. The quantitative estimate of drug-likeness (QED) is 0.398. The molecular weight excluding hydrogens is 496 g/mol. The van der Waals surface area contributed by atoms with Gasteiger partial charge in [-0.25, -0.2) is 0 Å². The Labute approximate surface area is 231 Å². The van der Waals surface area contributed by atoms with Crippen LogP contribution in [-0.4, -0.2) is 53.3 Å². The maximum absolute atomic E-state index is 14.2. The Morgan fingerprint density at radius 3 is 2.64 bits per heavy atom. The number of ketones is 2. The van der Waals surface area contributed by atoms with Crippen LogP contribution in [0, 0.1) is 40.4 Å². The van der Waals surface area contributed by atoms with E-state index in [2.05, 4.69) is 19.9 Å². The van der Waals surface area contributed by atoms with Crippen molar-refractivity contribution in [3.8, 4) is 0 Å². The normalized spacial score (nSPS) is 45.3. The third-order valence-electron chi connectivity index (χ3n) is 11.5. The van der Waals surface area contributed by atoms with Crippen LogP contribution in [0.2, 0.25) is 0 Å². The van der Waals surface area contributed by atoms with Crippen molar-refractivity contribution in [3.05, 3.63) is 23.8 Å². The van der Waals surface area contributed by atoms with Crippen molar-refractivity contribution in [3.63, 3.8) is 0 Å². The van der Waals surface area contributed by atoms with Crippen molar-refractivity contribution in [2.45, 2.75) is 110 Å². The van der Waals surface area contributed by atoms with Gasteiger partial charge in [-0.3, -0.25) is 14.4 Å². The zero-order valence-electron chi connectivity index (χ0n) is 23.8. The minimum atomic E-state index is -1.26. The lowest BCUT2D eigenvalue weighted by Crippen LogP contribution is -2.63. The summed E-state index contributed by atoms with van der Waals surface area (Å²) in [6.45, 7) is 7.43. The Hall–Kier alpha value is -1.83. The molecule has 3 saturated carbocycles. The Bertz CT molecular complexity index is 1100. The molecule has 7 heteroatoms. The third kappa shape index (κ3) is 3.97. The standard InChI is InChI=1S/C32H44O7/c1-18(2)28(36)37-17-25(35)32-26(38-29(39-32)19-8-6-5-7-9-19)15-23-22-11-10-20-14-21(33)12-13-30(20,3)27(22)24(34)16-31(23,32)4/h10,12-13,18-19,22-24,26-27,29,34H,5-9,11,14-17H2,1-4H3. The second kappa shape index (κ2) is 9.63. The maximum Gasteiger partial charge on any atom is 0.308 e. The Kier molecular flexibility index (Phi) is 6.75. The molecule has 1 saturated heterocycles. The van der Waals surface area contributed by atoms with Crippen molar-refractivity contribution >= 4 is 17.5 Å². The van der Waals surface area contributed by atoms with E-state index < -0.39 is 35.5 Å². The lowest BCUT2D eigenvalue weighted by Gasteiger charge is -2.59. The van der Waals surface area contributed by atoms with Gasteiger partial charge in [0.05, 0.1) is 18.1 Å². The summed E-state index contributed by atoms with van der Waals surface area (Å²) < 4.78 is 19.0. The van der Waals surface area contributed by atoms with Gasteiger partial charge >= 0.3 is 5.97 Å². The van der Waals surface area contributed by atoms with Crippen LogP contribution in [0.3, 0.4) is 0 Å². The number of fused-ring (bicyclic) bond motifs is 7. The van der Waals surface area contributed by atoms with E-state index in [-0.39, 0.29) is 53.2 Å². The second-order valence-corrected chi connectivity index (χ2v) is 13.9. The largest absolute Gasteiger partial charge is 0.457 e. The average Bonchev–Trinajstić information content (AvgIpc) is 3.41. The highest BCUT2D eigenvalue weighted by molar-refractivity contribution is 5.94. The van der Waals surface area contributed by atoms with E-state index in [0.717, 1.165) is 37.7 Å². The molecule has 4 fully saturated rings. The highest BCUT2D eigenvalue weighted by atomic mass is 16.7. The molecule has 9 unspecified atom stereocenters. The van der Waals surface area contributed by atoms with Crippen molar-refractivity contribution in [1.29, 1.82) is 0 Å². The number of ether oxygens (including phenoxy) is 3. The monoisotopic (exact) mass is 540 g/mol. The molecule has 1 N–H and O–H groups in total. The van der Waals surface area contributed by atoms with Crippen LogP contribution in [0.1, 0.15) is 85.5 Å². The smallest absolute Gasteiger partial charge is 0.308 e. The number of hydrogen-bond acceptors (Lipinski definition) is 7. The fourth-order valence-electron chi connectivity index (χ4n) is 9.53. The molecule has 6 rings (SSSR count). The van der Waals surface area contributed by atoms with E-state index in [1.807, 2.05) is 6.08 Å². The minimum absolute atomic E-state index is 0.0428. The zero-order chi connectivity index (χ0) is 27.7. The van der Waals surface area contributed by atoms with Crippen molar-refractivity contribution in [2.24, 2.45) is 40.4 Å². The summed E-state index contributed by atoms with van der Waals surface area (Å²) in [6, 6.07) is 0. The number of hydrogen-bond donors (Lipinski definition) is 1. The Morgan fingerprint density at radius 1 is 1.18 bits per heavy atom. The fraction of sp³-hybridized carbons (Fsp3) is 0.781. The number of aliphatic hydroxyl groups is 1. The zero-order valence-corrected chi connectivity index (χ0v) is 23.8. The molecular formula is C32H44O7. The molecule has 39 heavy (non-hydrogen) atoms. The number of Topliss-reactive ketones (excluding diaryl/α,β-unsaturated/α-hetero) is 1. The summed E-state index contributed by atoms with van der Waals surface area (Å²) >= 11 is 0. The predicted molar refractivity (Wildman–Crippen MR) is 143 cm³/mol. The van der Waals surface area contributed by atoms with Crippen LogP contribution in [0.5, 0.6) is 0 Å². The van der Waals surface area contributed by atoms with Gasteiger partial charge < -0.3 is 19.3 Å². The summed E-state index contributed by atoms with van der Waals surface area (Å²) in [7, 11) is 0. The first kappa shape index (κ1) is 27.3. The van der Waals surface area contributed by atoms with Gasteiger partial charge in [-0.05, 0) is 50.0 Å². The molecule has 0 bridgehead atoms. The van der Waals surface area contributed by atoms with E-state index in [1.165, 1.54) is 6.42 Å². The van der Waals surface area contributed by atoms with Crippen LogP contribution < -0.4 is 0 Å². The van der Waals surface area contributed by atoms with Crippen LogP contribution in [0.15, 0.2) is 23.8 Å². The molecule has 6 aliphatic rings. The number of esters is 1. The van der Waals surface area contributed by atoms with E-state index in [9.17, 15) is 19.5 Å². The van der Waals surface area contributed by atoms with Crippen molar-refractivity contribution < 1.29 is 33.7 Å². The first-order valence-corrected chi connectivity index (χ1v) is 15.1. The van der Waals surface area contributed by atoms with E-state index in [4.69, 9.17) is 14.2 Å². The molecule has 0 radical (unpaired) electrons. The SMILES string of the molecule is CC(C)C(=O)OCC(=O)C12OC(C3CCCCC3)OC1CC1C3CC=C4CC(=O)C=CC4(C)C3C(O)CC12C. The molecule has 1 aliphatic heterocycles. The van der Waals surface area contributed by atoms with Gasteiger partial charge in [-0.1, -0.05) is 64.7 Å². The van der Waals surface area contributed by atoms with Crippen LogP contribution in [-0.2, 0) is 28.6 Å². The summed E-state index contributed by atoms with van der Waals surface area (Å²) in [6.07, 6.45) is 12.1. The Balaban J connectivity index is 1.36. The van der Waals surface area contributed by atoms with Gasteiger partial charge in [0.25, 0.3) is 0 Å². The maximum atomic E-state index is 14.2. The fourth-order valence-corrected chi connectivity index (χ4v) is 9.53. The molecule has 0 aromatic rings. The van der Waals surface area contributed by atoms with Gasteiger partial charge in [0.2, 0.25) is 5.78 Å². The van der Waals surface area contributed by atoms with E-state index in [1.54, 1.807) is 19.9 Å². The van der Waals surface area contributed by atoms with Crippen LogP contribution in [0.4, 0.5) is 0 Å². The number of carbonyl (C=O) groups is 3. The third-order valence-corrected chi connectivity index (χ3v) is 11.5. The first-order valence-electron chi connectivity index (χ1n) is 15.1. The molecule has 1 heterocycles. The van der Waals surface area contributed by atoms with E-state index >= 15 is 0 Å². The summed E-state index contributed by atoms with van der Waals surface area (Å²) in [5.41, 5.74) is -1.20. The van der Waals surface area contributed by atoms with Crippen LogP contribution in [0.25, 0.3) is 0 Å². The van der Waals surface area contributed by atoms with Gasteiger partial charge in [0.15, 0.2) is 24.3 Å². The number of carbonyl (C=O) groups excluding carboxylic acids is 3. The van der Waals surface area contributed by atoms with E-state index in [0.29, 0.717) is 19.3 Å². The summed E-state index contributed by atoms with van der Waals surface area (Å²) in [4.78, 5) is 38.8. The summed E-state index contributed by atoms with van der Waals surface area (Å²) in [5, 5.41) is 11.9. The lowest BCUT2D eigenvalue weighted by atomic mass is 9.47. The molecule has 214 valence electrons. The molecule has 0 aromatic carbocycles. The molecule has 9 atom stereocenters. The van der Waals surface area contributed by atoms with Gasteiger partial charge in [0, 0.05) is 29.1 Å². The average molecular weight is 541 g/mol. The highest BCUT2D eigenvalue weighted by Gasteiger charge is 2.76. The first-order chi connectivity index (χ1) is 18.5. The van der Waals surface area contributed by atoms with Crippen molar-refractivity contribution in [2.75, 3.05) is 6.61 Å². The molecule has 0 aromatic heterocycles. The predicted octanol–water partition coefficient (Wildman–Crippen LogP) is 4.70. The van der Waals surface area contributed by atoms with Gasteiger partial charge in [0.1, 0.15) is 0 Å². The Morgan fingerprint density at radius 2 is 1.92 bits per heavy atom. The molecule has 0 amide bonds. The number of aliphatic hydroxyl groups excluding tert-OH is 1. The number of rotatable bonds is 5. The van der Waals surface area contributed by atoms with Crippen LogP contribution >= 0.6 is 0 Å². The molecule has 7 nitrogen and oxygen atoms in total. The topological polar surface area (TPSA) is 99.1 Å².